The van der Waals surface area contributed by atoms with Crippen molar-refractivity contribution in [3.8, 4) is 0 Å². The number of amidine groups is 1. The highest BCUT2D eigenvalue weighted by molar-refractivity contribution is 6.30. The molecule has 1 heterocycles. The highest BCUT2D eigenvalue weighted by atomic mass is 35.5. The first kappa shape index (κ1) is 23.7. The van der Waals surface area contributed by atoms with Crippen LogP contribution in [0.3, 0.4) is 0 Å². The van der Waals surface area contributed by atoms with Crippen LogP contribution in [0.1, 0.15) is 42.4 Å². The summed E-state index contributed by atoms with van der Waals surface area (Å²) in [6.07, 6.45) is -0.521. The van der Waals surface area contributed by atoms with Gasteiger partial charge in [-0.05, 0) is 67.0 Å². The molecule has 0 saturated carbocycles. The van der Waals surface area contributed by atoms with Gasteiger partial charge in [0.2, 0.25) is 5.82 Å². The Balaban J connectivity index is 1.63. The monoisotopic (exact) mass is 470 g/mol. The van der Waals surface area contributed by atoms with E-state index in [1.165, 1.54) is 0 Å². The summed E-state index contributed by atoms with van der Waals surface area (Å²) in [6.45, 7) is 5.61. The van der Waals surface area contributed by atoms with E-state index in [1.807, 2.05) is 0 Å². The number of anilines is 1. The van der Waals surface area contributed by atoms with Crippen molar-refractivity contribution in [2.24, 2.45) is 10.7 Å². The Labute approximate surface area is 195 Å². The van der Waals surface area contributed by atoms with Gasteiger partial charge in [-0.25, -0.2) is 14.4 Å². The number of nitrogens with two attached hydrogens (primary N) is 1. The fraction of sp³-hybridized carbons (Fsp3) is 0.227. The van der Waals surface area contributed by atoms with E-state index in [4.69, 9.17) is 26.7 Å². The molecule has 0 radical (unpaired) electrons. The molecular formula is C22H23ClN6O4. The van der Waals surface area contributed by atoms with E-state index in [9.17, 15) is 9.59 Å². The maximum Gasteiger partial charge on any atom is 0.407 e. The van der Waals surface area contributed by atoms with E-state index in [1.54, 1.807) is 69.3 Å². The third-order valence-corrected chi connectivity index (χ3v) is 4.31. The number of nitrogens with zero attached hydrogens (tertiary/aromatic N) is 3. The number of aliphatic imine (C=N–C) groups is 1. The molecule has 0 aliphatic rings. The van der Waals surface area contributed by atoms with Crippen LogP contribution < -0.4 is 16.4 Å². The number of nitrogens with one attached hydrogen (secondary N) is 2. The molecule has 0 unspecified atom stereocenters. The second-order valence-corrected chi connectivity index (χ2v) is 8.38. The topological polar surface area (TPSA) is 145 Å². The Bertz CT molecular complexity index is 1170. The highest BCUT2D eigenvalue weighted by Gasteiger charge is 2.18. The van der Waals surface area contributed by atoms with Crippen molar-refractivity contribution in [1.82, 2.24) is 15.6 Å². The summed E-state index contributed by atoms with van der Waals surface area (Å²) in [5.41, 5.74) is 7.16. The number of aromatic nitrogens is 2. The number of hydrogen-bond acceptors (Lipinski definition) is 7. The highest BCUT2D eigenvalue weighted by Crippen LogP contribution is 2.20. The van der Waals surface area contributed by atoms with Crippen molar-refractivity contribution in [3.63, 3.8) is 0 Å². The molecule has 2 amide bonds. The van der Waals surface area contributed by atoms with Crippen molar-refractivity contribution >= 4 is 40.9 Å². The summed E-state index contributed by atoms with van der Waals surface area (Å²) in [5.74, 6) is -0.425. The molecule has 0 aliphatic heterocycles. The van der Waals surface area contributed by atoms with Gasteiger partial charge < -0.3 is 21.1 Å². The minimum Gasteiger partial charge on any atom is -0.444 e. The molecule has 172 valence electrons. The van der Waals surface area contributed by atoms with Gasteiger partial charge in [0.25, 0.3) is 5.91 Å². The van der Waals surface area contributed by atoms with Crippen molar-refractivity contribution in [1.29, 1.82) is 0 Å². The maximum absolute atomic E-state index is 12.6. The first-order chi connectivity index (χ1) is 15.6. The van der Waals surface area contributed by atoms with E-state index < -0.39 is 17.6 Å². The second-order valence-electron chi connectivity index (χ2n) is 7.94. The third-order valence-electron chi connectivity index (χ3n) is 4.07. The van der Waals surface area contributed by atoms with Crippen LogP contribution in [0.5, 0.6) is 0 Å². The van der Waals surface area contributed by atoms with Gasteiger partial charge in [0.15, 0.2) is 11.5 Å². The fourth-order valence-corrected chi connectivity index (χ4v) is 2.80. The third kappa shape index (κ3) is 7.04. The number of rotatable bonds is 6. The predicted molar refractivity (Wildman–Crippen MR) is 124 cm³/mol. The van der Waals surface area contributed by atoms with Crippen LogP contribution >= 0.6 is 11.6 Å². The lowest BCUT2D eigenvalue weighted by Gasteiger charge is -2.19. The van der Waals surface area contributed by atoms with Crippen LogP contribution in [0.4, 0.5) is 16.3 Å². The molecule has 3 rings (SSSR count). The van der Waals surface area contributed by atoms with Crippen LogP contribution in [0.15, 0.2) is 58.2 Å². The minimum atomic E-state index is -0.580. The molecule has 2 aromatic carbocycles. The zero-order valence-electron chi connectivity index (χ0n) is 18.3. The summed E-state index contributed by atoms with van der Waals surface area (Å²) in [6, 6.07) is 13.4. The number of ether oxygens (including phenoxy) is 1. The van der Waals surface area contributed by atoms with E-state index in [-0.39, 0.29) is 23.9 Å². The molecule has 3 aromatic rings. The summed E-state index contributed by atoms with van der Waals surface area (Å²) < 4.78 is 9.91. The van der Waals surface area contributed by atoms with E-state index in [0.717, 1.165) is 5.56 Å². The first-order valence-corrected chi connectivity index (χ1v) is 10.3. The van der Waals surface area contributed by atoms with Gasteiger partial charge in [-0.15, -0.1) is 0 Å². The lowest BCUT2D eigenvalue weighted by atomic mass is 10.1. The van der Waals surface area contributed by atoms with Crippen LogP contribution in [0.2, 0.25) is 5.02 Å². The van der Waals surface area contributed by atoms with Gasteiger partial charge in [0.05, 0.1) is 5.69 Å². The summed E-state index contributed by atoms with van der Waals surface area (Å²) in [5, 5.41) is 13.2. The summed E-state index contributed by atoms with van der Waals surface area (Å²) in [7, 11) is 0. The Morgan fingerprint density at radius 3 is 2.55 bits per heavy atom. The summed E-state index contributed by atoms with van der Waals surface area (Å²) in [4.78, 5) is 28.6. The lowest BCUT2D eigenvalue weighted by molar-refractivity contribution is 0.0523. The molecular weight excluding hydrogens is 448 g/mol. The van der Waals surface area contributed by atoms with Gasteiger partial charge in [0, 0.05) is 17.1 Å². The van der Waals surface area contributed by atoms with Gasteiger partial charge in [0.1, 0.15) is 5.60 Å². The average Bonchev–Trinajstić information content (AvgIpc) is 3.19. The van der Waals surface area contributed by atoms with Crippen LogP contribution in [0.25, 0.3) is 0 Å². The zero-order valence-corrected chi connectivity index (χ0v) is 19.0. The second kappa shape index (κ2) is 10.1. The van der Waals surface area contributed by atoms with Crippen LogP contribution in [0, 0.1) is 0 Å². The van der Waals surface area contributed by atoms with Gasteiger partial charge in [-0.2, -0.15) is 0 Å². The lowest BCUT2D eigenvalue weighted by Crippen LogP contribution is -2.32. The number of alkyl carbamates (subject to hydrolysis) is 1. The Hall–Kier alpha value is -3.92. The fourth-order valence-electron chi connectivity index (χ4n) is 2.62. The molecule has 33 heavy (non-hydrogen) atoms. The van der Waals surface area contributed by atoms with Crippen molar-refractivity contribution in [2.75, 3.05) is 5.32 Å². The maximum atomic E-state index is 12.6. The molecule has 0 fully saturated rings. The predicted octanol–water partition coefficient (Wildman–Crippen LogP) is 4.04. The first-order valence-electron chi connectivity index (χ1n) is 9.90. The molecule has 0 atom stereocenters. The molecule has 10 nitrogen and oxygen atoms in total. The average molecular weight is 471 g/mol. The molecule has 0 saturated heterocycles. The largest absolute Gasteiger partial charge is 0.444 e. The Morgan fingerprint density at radius 2 is 1.88 bits per heavy atom. The van der Waals surface area contributed by atoms with Crippen molar-refractivity contribution in [2.45, 2.75) is 32.9 Å². The molecule has 11 heteroatoms. The normalized spacial score (nSPS) is 11.7. The zero-order chi connectivity index (χ0) is 24.0. The van der Waals surface area contributed by atoms with Gasteiger partial charge in [-0.1, -0.05) is 29.8 Å². The molecule has 1 aromatic heterocycles. The smallest absolute Gasteiger partial charge is 0.407 e. The molecule has 0 aliphatic carbocycles. The molecule has 4 N–H and O–H groups in total. The standard InChI is InChI=1S/C22H23ClN6O4/c1-22(2,3)32-21(31)25-12-13-7-9-14(10-8-13)20(30)27-19-17(28-33-29-19)18(24)26-16-6-4-5-15(23)11-16/h4-11H,12H2,1-3H3,(H2,24,26)(H,25,31)(H,27,29,30). The molecule has 0 spiro atoms. The number of halogens is 1. The number of hydrogen-bond donors (Lipinski definition) is 3. The number of benzene rings is 2. The van der Waals surface area contributed by atoms with Gasteiger partial charge >= 0.3 is 6.09 Å². The van der Waals surface area contributed by atoms with Gasteiger partial charge in [-0.3, -0.25) is 4.79 Å². The van der Waals surface area contributed by atoms with Crippen LogP contribution in [-0.4, -0.2) is 33.8 Å². The van der Waals surface area contributed by atoms with E-state index in [0.29, 0.717) is 16.3 Å². The van der Waals surface area contributed by atoms with E-state index in [2.05, 4.69) is 25.9 Å². The number of carbonyl (C=O) groups excluding carboxylic acids is 2. The minimum absolute atomic E-state index is 0.00242. The van der Waals surface area contributed by atoms with Crippen LogP contribution in [-0.2, 0) is 11.3 Å². The number of carbonyl (C=O) groups is 2. The Morgan fingerprint density at radius 1 is 1.15 bits per heavy atom. The molecule has 0 bridgehead atoms. The van der Waals surface area contributed by atoms with Crippen molar-refractivity contribution < 1.29 is 19.0 Å². The SMILES string of the molecule is CC(C)(C)OC(=O)NCc1ccc(C(=O)Nc2nonc2C(N)=Nc2cccc(Cl)c2)cc1. The van der Waals surface area contributed by atoms with E-state index >= 15 is 0 Å². The summed E-state index contributed by atoms with van der Waals surface area (Å²) >= 11 is 5.95. The quantitative estimate of drug-likeness (QED) is 0.364. The number of amides is 2. The van der Waals surface area contributed by atoms with Crippen molar-refractivity contribution in [3.05, 3.63) is 70.4 Å². The Kier molecular flexibility index (Phi) is 7.29.